The Morgan fingerprint density at radius 2 is 1.60 bits per heavy atom. The molecule has 2 fully saturated rings. The molecule has 2 saturated heterocycles. The quantitative estimate of drug-likeness (QED) is 0.798. The highest BCUT2D eigenvalue weighted by atomic mass is 16.6. The summed E-state index contributed by atoms with van der Waals surface area (Å²) >= 11 is 0. The first-order chi connectivity index (χ1) is 9.34. The highest BCUT2D eigenvalue weighted by Gasteiger charge is 2.43. The van der Waals surface area contributed by atoms with Gasteiger partial charge in [-0.2, -0.15) is 0 Å². The zero-order valence-electron chi connectivity index (χ0n) is 13.7. The largest absolute Gasteiger partial charge is 0.444 e. The van der Waals surface area contributed by atoms with Crippen LogP contribution in [0.25, 0.3) is 0 Å². The molecule has 1 amide bonds. The molecule has 0 spiro atoms. The highest BCUT2D eigenvalue weighted by Crippen LogP contribution is 2.33. The molecule has 0 aromatic carbocycles. The lowest BCUT2D eigenvalue weighted by atomic mass is 10.0. The maximum absolute atomic E-state index is 12.1. The normalized spacial score (nSPS) is 27.2. The SMILES string of the molecule is CCC(CC)N1CC2CN(C(=O)OC(C)(C)C)CC2C1. The summed E-state index contributed by atoms with van der Waals surface area (Å²) < 4.78 is 5.48. The summed E-state index contributed by atoms with van der Waals surface area (Å²) in [6.07, 6.45) is 2.32. The van der Waals surface area contributed by atoms with Crippen molar-refractivity contribution in [3.8, 4) is 0 Å². The average Bonchev–Trinajstić information content (AvgIpc) is 2.86. The summed E-state index contributed by atoms with van der Waals surface area (Å²) in [6.45, 7) is 14.4. The van der Waals surface area contributed by atoms with Gasteiger partial charge in [0.1, 0.15) is 5.60 Å². The monoisotopic (exact) mass is 282 g/mol. The van der Waals surface area contributed by atoms with Gasteiger partial charge in [0, 0.05) is 32.2 Å². The van der Waals surface area contributed by atoms with E-state index in [-0.39, 0.29) is 6.09 Å². The van der Waals surface area contributed by atoms with Crippen LogP contribution in [0.1, 0.15) is 47.5 Å². The van der Waals surface area contributed by atoms with Crippen molar-refractivity contribution in [2.75, 3.05) is 26.2 Å². The third-order valence-electron chi connectivity index (χ3n) is 4.63. The van der Waals surface area contributed by atoms with Crippen LogP contribution in [0, 0.1) is 11.8 Å². The van der Waals surface area contributed by atoms with Crippen LogP contribution in [-0.4, -0.2) is 53.7 Å². The number of likely N-dealkylation sites (tertiary alicyclic amines) is 2. The number of hydrogen-bond donors (Lipinski definition) is 0. The minimum absolute atomic E-state index is 0.138. The van der Waals surface area contributed by atoms with Gasteiger partial charge in [-0.3, -0.25) is 4.90 Å². The molecule has 0 aromatic rings. The molecule has 4 heteroatoms. The van der Waals surface area contributed by atoms with Gasteiger partial charge in [-0.25, -0.2) is 4.79 Å². The average molecular weight is 282 g/mol. The first-order valence-corrected chi connectivity index (χ1v) is 8.06. The van der Waals surface area contributed by atoms with E-state index in [9.17, 15) is 4.79 Å². The van der Waals surface area contributed by atoms with Gasteiger partial charge in [0.15, 0.2) is 0 Å². The van der Waals surface area contributed by atoms with E-state index in [0.29, 0.717) is 11.8 Å². The topological polar surface area (TPSA) is 32.8 Å². The summed E-state index contributed by atoms with van der Waals surface area (Å²) in [5, 5.41) is 0. The summed E-state index contributed by atoms with van der Waals surface area (Å²) in [5.74, 6) is 1.28. The second-order valence-electron chi connectivity index (χ2n) is 7.33. The molecule has 0 aliphatic carbocycles. The molecule has 4 nitrogen and oxygen atoms in total. The summed E-state index contributed by atoms with van der Waals surface area (Å²) in [7, 11) is 0. The van der Waals surface area contributed by atoms with E-state index in [1.807, 2.05) is 25.7 Å². The van der Waals surface area contributed by atoms with E-state index in [2.05, 4.69) is 18.7 Å². The highest BCUT2D eigenvalue weighted by molar-refractivity contribution is 5.68. The lowest BCUT2D eigenvalue weighted by molar-refractivity contribution is 0.0271. The Balaban J connectivity index is 1.86. The molecular formula is C16H30N2O2. The van der Waals surface area contributed by atoms with E-state index in [1.165, 1.54) is 12.8 Å². The van der Waals surface area contributed by atoms with Crippen molar-refractivity contribution in [2.24, 2.45) is 11.8 Å². The molecule has 0 saturated carbocycles. The molecule has 2 aliphatic rings. The van der Waals surface area contributed by atoms with Crippen LogP contribution < -0.4 is 0 Å². The molecule has 0 radical (unpaired) electrons. The van der Waals surface area contributed by atoms with Crippen LogP contribution in [0.2, 0.25) is 0 Å². The maximum Gasteiger partial charge on any atom is 0.410 e. The zero-order valence-corrected chi connectivity index (χ0v) is 13.7. The van der Waals surface area contributed by atoms with Crippen LogP contribution >= 0.6 is 0 Å². The molecule has 2 rings (SSSR count). The van der Waals surface area contributed by atoms with Crippen molar-refractivity contribution >= 4 is 6.09 Å². The second kappa shape index (κ2) is 5.92. The van der Waals surface area contributed by atoms with Gasteiger partial charge in [-0.05, 0) is 45.4 Å². The number of amides is 1. The number of carbonyl (C=O) groups is 1. The fraction of sp³-hybridized carbons (Fsp3) is 0.938. The van der Waals surface area contributed by atoms with E-state index in [0.717, 1.165) is 32.2 Å². The molecule has 0 N–H and O–H groups in total. The maximum atomic E-state index is 12.1. The van der Waals surface area contributed by atoms with Crippen LogP contribution in [0.5, 0.6) is 0 Å². The van der Waals surface area contributed by atoms with Gasteiger partial charge in [0.2, 0.25) is 0 Å². The lowest BCUT2D eigenvalue weighted by Crippen LogP contribution is -2.39. The lowest BCUT2D eigenvalue weighted by Gasteiger charge is -2.29. The molecule has 2 unspecified atom stereocenters. The number of rotatable bonds is 3. The van der Waals surface area contributed by atoms with Gasteiger partial charge in [0.05, 0.1) is 0 Å². The Bertz CT molecular complexity index is 333. The number of fused-ring (bicyclic) bond motifs is 1. The first kappa shape index (κ1) is 15.6. The smallest absolute Gasteiger partial charge is 0.410 e. The number of carbonyl (C=O) groups excluding carboxylic acids is 1. The minimum atomic E-state index is -0.393. The Hall–Kier alpha value is -0.770. The summed E-state index contributed by atoms with van der Waals surface area (Å²) in [5.41, 5.74) is -0.393. The van der Waals surface area contributed by atoms with Crippen LogP contribution in [0.15, 0.2) is 0 Å². The van der Waals surface area contributed by atoms with Gasteiger partial charge >= 0.3 is 6.09 Å². The fourth-order valence-electron chi connectivity index (χ4n) is 3.61. The van der Waals surface area contributed by atoms with Crippen molar-refractivity contribution in [3.63, 3.8) is 0 Å². The van der Waals surface area contributed by atoms with Crippen molar-refractivity contribution in [1.82, 2.24) is 9.80 Å². The van der Waals surface area contributed by atoms with Gasteiger partial charge in [0.25, 0.3) is 0 Å². The van der Waals surface area contributed by atoms with E-state index in [1.54, 1.807) is 0 Å². The first-order valence-electron chi connectivity index (χ1n) is 8.06. The number of nitrogens with zero attached hydrogens (tertiary/aromatic N) is 2. The van der Waals surface area contributed by atoms with Crippen LogP contribution in [0.4, 0.5) is 4.79 Å². The predicted molar refractivity (Wildman–Crippen MR) is 80.7 cm³/mol. The van der Waals surface area contributed by atoms with E-state index >= 15 is 0 Å². The number of ether oxygens (including phenoxy) is 1. The molecule has 0 aromatic heterocycles. The summed E-state index contributed by atoms with van der Waals surface area (Å²) in [4.78, 5) is 16.6. The molecule has 2 atom stereocenters. The second-order valence-corrected chi connectivity index (χ2v) is 7.33. The molecule has 20 heavy (non-hydrogen) atoms. The van der Waals surface area contributed by atoms with Gasteiger partial charge in [-0.15, -0.1) is 0 Å². The van der Waals surface area contributed by atoms with Crippen molar-refractivity contribution in [1.29, 1.82) is 0 Å². The van der Waals surface area contributed by atoms with Gasteiger partial charge < -0.3 is 9.64 Å². The molecular weight excluding hydrogens is 252 g/mol. The van der Waals surface area contributed by atoms with Crippen LogP contribution in [-0.2, 0) is 4.74 Å². The van der Waals surface area contributed by atoms with Gasteiger partial charge in [-0.1, -0.05) is 13.8 Å². The predicted octanol–water partition coefficient (Wildman–Crippen LogP) is 2.97. The van der Waals surface area contributed by atoms with E-state index in [4.69, 9.17) is 4.74 Å². The van der Waals surface area contributed by atoms with Crippen molar-refractivity contribution in [2.45, 2.75) is 59.1 Å². The molecule has 2 heterocycles. The Morgan fingerprint density at radius 1 is 1.10 bits per heavy atom. The zero-order chi connectivity index (χ0) is 14.9. The van der Waals surface area contributed by atoms with Crippen LogP contribution in [0.3, 0.4) is 0 Å². The Kier molecular flexibility index (Phi) is 4.62. The summed E-state index contributed by atoms with van der Waals surface area (Å²) in [6, 6.07) is 0.718. The standard InChI is InChI=1S/C16H30N2O2/c1-6-14(7-2)17-8-12-10-18(11-13(12)9-17)15(19)20-16(3,4)5/h12-14H,6-11H2,1-5H3. The third kappa shape index (κ3) is 3.46. The molecule has 0 bridgehead atoms. The van der Waals surface area contributed by atoms with Crippen molar-refractivity contribution < 1.29 is 9.53 Å². The van der Waals surface area contributed by atoms with Crippen molar-refractivity contribution in [3.05, 3.63) is 0 Å². The number of hydrogen-bond acceptors (Lipinski definition) is 3. The molecule has 2 aliphatic heterocycles. The Labute approximate surface area is 123 Å². The third-order valence-corrected chi connectivity index (χ3v) is 4.63. The van der Waals surface area contributed by atoms with E-state index < -0.39 is 5.60 Å². The molecule has 116 valence electrons. The fourth-order valence-corrected chi connectivity index (χ4v) is 3.61. The Morgan fingerprint density at radius 3 is 2.00 bits per heavy atom. The minimum Gasteiger partial charge on any atom is -0.444 e.